The van der Waals surface area contributed by atoms with Gasteiger partial charge in [0.2, 0.25) is 0 Å². The van der Waals surface area contributed by atoms with Gasteiger partial charge in [-0.1, -0.05) is 67.4 Å². The number of ether oxygens (including phenoxy) is 2. The molecule has 0 amide bonds. The fourth-order valence-electron chi connectivity index (χ4n) is 3.97. The Balaban J connectivity index is 1.91. The standard InChI is InChI=1S/C22H19Cl2NO3/c1-21(2)18(12-19(23)24)22(21,20(26)27-14-25)13-15-7-6-10-17(11-15)28-16-8-4-3-5-9-16/h3-12,18H,13H2,1-2H3. The molecule has 0 N–H and O–H groups in total. The van der Waals surface area contributed by atoms with Crippen LogP contribution in [0.25, 0.3) is 0 Å². The highest BCUT2D eigenvalue weighted by Crippen LogP contribution is 2.71. The topological polar surface area (TPSA) is 59.3 Å². The molecule has 1 aliphatic carbocycles. The second-order valence-corrected chi connectivity index (χ2v) is 8.35. The third-order valence-electron chi connectivity index (χ3n) is 5.53. The average molecular weight is 416 g/mol. The molecule has 0 aliphatic heterocycles. The van der Waals surface area contributed by atoms with Crippen LogP contribution in [0.2, 0.25) is 0 Å². The zero-order valence-corrected chi connectivity index (χ0v) is 17.0. The minimum atomic E-state index is -0.927. The smallest absolute Gasteiger partial charge is 0.329 e. The van der Waals surface area contributed by atoms with E-state index in [1.165, 1.54) is 6.26 Å². The number of nitriles is 1. The number of allylic oxidation sites excluding steroid dienone is 1. The van der Waals surface area contributed by atoms with Crippen LogP contribution in [-0.4, -0.2) is 5.97 Å². The number of halogens is 2. The van der Waals surface area contributed by atoms with Crippen molar-refractivity contribution in [3.63, 3.8) is 0 Å². The van der Waals surface area contributed by atoms with Gasteiger partial charge < -0.3 is 9.47 Å². The lowest BCUT2D eigenvalue weighted by Gasteiger charge is -2.17. The van der Waals surface area contributed by atoms with Crippen LogP contribution in [-0.2, 0) is 16.0 Å². The average Bonchev–Trinajstić information content (AvgIpc) is 3.10. The van der Waals surface area contributed by atoms with E-state index in [9.17, 15) is 4.79 Å². The largest absolute Gasteiger partial charge is 0.457 e. The first kappa shape index (κ1) is 20.3. The predicted molar refractivity (Wildman–Crippen MR) is 108 cm³/mol. The van der Waals surface area contributed by atoms with Crippen molar-refractivity contribution in [2.24, 2.45) is 16.7 Å². The highest BCUT2D eigenvalue weighted by Gasteiger charge is 2.75. The zero-order chi connectivity index (χ0) is 20.4. The number of hydrogen-bond acceptors (Lipinski definition) is 4. The van der Waals surface area contributed by atoms with Gasteiger partial charge in [-0.2, -0.15) is 0 Å². The van der Waals surface area contributed by atoms with Gasteiger partial charge in [-0.3, -0.25) is 4.79 Å². The number of carbonyl (C=O) groups is 1. The van der Waals surface area contributed by atoms with Crippen LogP contribution in [0.1, 0.15) is 19.4 Å². The molecule has 0 aromatic heterocycles. The van der Waals surface area contributed by atoms with Crippen molar-refractivity contribution in [2.45, 2.75) is 20.3 Å². The summed E-state index contributed by atoms with van der Waals surface area (Å²) in [5, 5.41) is 8.86. The van der Waals surface area contributed by atoms with E-state index in [-0.39, 0.29) is 10.4 Å². The van der Waals surface area contributed by atoms with Crippen LogP contribution in [0, 0.1) is 28.3 Å². The summed E-state index contributed by atoms with van der Waals surface area (Å²) in [6.07, 6.45) is 3.51. The summed E-state index contributed by atoms with van der Waals surface area (Å²) in [7, 11) is 0. The number of para-hydroxylation sites is 1. The summed E-state index contributed by atoms with van der Waals surface area (Å²) >= 11 is 11.7. The molecule has 3 rings (SSSR count). The Morgan fingerprint density at radius 2 is 1.82 bits per heavy atom. The van der Waals surface area contributed by atoms with Crippen LogP contribution < -0.4 is 4.74 Å². The quantitative estimate of drug-likeness (QED) is 0.428. The van der Waals surface area contributed by atoms with Gasteiger partial charge in [-0.25, -0.2) is 0 Å². The molecule has 2 atom stereocenters. The Morgan fingerprint density at radius 1 is 1.14 bits per heavy atom. The summed E-state index contributed by atoms with van der Waals surface area (Å²) in [5.74, 6) is 0.558. The Hall–Kier alpha value is -2.48. The fourth-order valence-corrected chi connectivity index (χ4v) is 4.22. The number of carbonyl (C=O) groups excluding carboxylic acids is 1. The Labute approximate surface area is 174 Å². The third-order valence-corrected chi connectivity index (χ3v) is 5.78. The minimum Gasteiger partial charge on any atom is -0.457 e. The molecule has 1 aliphatic rings. The van der Waals surface area contributed by atoms with Crippen molar-refractivity contribution in [2.75, 3.05) is 0 Å². The Kier molecular flexibility index (Phi) is 5.69. The second kappa shape index (κ2) is 7.87. The van der Waals surface area contributed by atoms with Crippen molar-refractivity contribution in [1.82, 2.24) is 0 Å². The first-order chi connectivity index (χ1) is 13.3. The molecule has 0 spiro atoms. The van der Waals surface area contributed by atoms with Crippen LogP contribution in [0.5, 0.6) is 11.5 Å². The summed E-state index contributed by atoms with van der Waals surface area (Å²) in [5.41, 5.74) is -0.506. The number of nitrogens with zero attached hydrogens (tertiary/aromatic N) is 1. The molecule has 6 heteroatoms. The van der Waals surface area contributed by atoms with Gasteiger partial charge in [0.15, 0.2) is 0 Å². The Bertz CT molecular complexity index is 946. The molecular weight excluding hydrogens is 397 g/mol. The summed E-state index contributed by atoms with van der Waals surface area (Å²) in [4.78, 5) is 12.7. The summed E-state index contributed by atoms with van der Waals surface area (Å²) in [6.45, 7) is 3.88. The van der Waals surface area contributed by atoms with Crippen LogP contribution in [0.3, 0.4) is 0 Å². The van der Waals surface area contributed by atoms with E-state index >= 15 is 0 Å². The van der Waals surface area contributed by atoms with E-state index in [2.05, 4.69) is 0 Å². The van der Waals surface area contributed by atoms with E-state index in [4.69, 9.17) is 37.9 Å². The van der Waals surface area contributed by atoms with Crippen LogP contribution >= 0.6 is 23.2 Å². The summed E-state index contributed by atoms with van der Waals surface area (Å²) < 4.78 is 10.7. The van der Waals surface area contributed by atoms with Gasteiger partial charge in [0.1, 0.15) is 16.0 Å². The van der Waals surface area contributed by atoms with E-state index in [1.807, 2.05) is 68.4 Å². The maximum absolute atomic E-state index is 12.7. The van der Waals surface area contributed by atoms with Gasteiger partial charge in [0.05, 0.1) is 5.41 Å². The molecule has 28 heavy (non-hydrogen) atoms. The van der Waals surface area contributed by atoms with E-state index in [1.54, 1.807) is 6.08 Å². The van der Waals surface area contributed by atoms with Crippen molar-refractivity contribution in [3.8, 4) is 17.8 Å². The molecule has 144 valence electrons. The van der Waals surface area contributed by atoms with Crippen molar-refractivity contribution >= 4 is 29.2 Å². The molecular formula is C22H19Cl2NO3. The fraction of sp³-hybridized carbons (Fsp3) is 0.273. The number of hydrogen-bond donors (Lipinski definition) is 0. The van der Waals surface area contributed by atoms with Gasteiger partial charge in [0.25, 0.3) is 6.26 Å². The monoisotopic (exact) mass is 415 g/mol. The predicted octanol–water partition coefficient (Wildman–Crippen LogP) is 6.01. The highest BCUT2D eigenvalue weighted by molar-refractivity contribution is 6.55. The molecule has 0 bridgehead atoms. The molecule has 2 aromatic carbocycles. The van der Waals surface area contributed by atoms with Gasteiger partial charge in [-0.15, -0.1) is 5.26 Å². The van der Waals surface area contributed by atoms with Gasteiger partial charge >= 0.3 is 5.97 Å². The maximum Gasteiger partial charge on any atom is 0.329 e. The minimum absolute atomic E-state index is 0.0888. The second-order valence-electron chi connectivity index (χ2n) is 7.35. The Morgan fingerprint density at radius 3 is 2.46 bits per heavy atom. The molecule has 4 nitrogen and oxygen atoms in total. The first-order valence-corrected chi connectivity index (χ1v) is 9.52. The van der Waals surface area contributed by atoms with Crippen molar-refractivity contribution in [1.29, 1.82) is 5.26 Å². The van der Waals surface area contributed by atoms with Gasteiger partial charge in [-0.05, 0) is 47.7 Å². The van der Waals surface area contributed by atoms with Crippen molar-refractivity contribution in [3.05, 3.63) is 70.7 Å². The number of esters is 1. The van der Waals surface area contributed by atoms with E-state index in [0.29, 0.717) is 12.2 Å². The van der Waals surface area contributed by atoms with Gasteiger partial charge in [0, 0.05) is 5.92 Å². The molecule has 2 aromatic rings. The molecule has 0 saturated heterocycles. The lowest BCUT2D eigenvalue weighted by Crippen LogP contribution is -2.26. The zero-order valence-electron chi connectivity index (χ0n) is 15.5. The van der Waals surface area contributed by atoms with Crippen molar-refractivity contribution < 1.29 is 14.3 Å². The highest BCUT2D eigenvalue weighted by atomic mass is 35.5. The third kappa shape index (κ3) is 3.73. The lowest BCUT2D eigenvalue weighted by molar-refractivity contribution is -0.145. The number of benzene rings is 2. The maximum atomic E-state index is 12.7. The molecule has 1 saturated carbocycles. The van der Waals surface area contributed by atoms with Crippen LogP contribution in [0.15, 0.2) is 65.2 Å². The molecule has 1 fully saturated rings. The van der Waals surface area contributed by atoms with E-state index < -0.39 is 16.8 Å². The first-order valence-electron chi connectivity index (χ1n) is 8.76. The van der Waals surface area contributed by atoms with E-state index in [0.717, 1.165) is 11.3 Å². The normalized spacial score (nSPS) is 21.9. The molecule has 0 radical (unpaired) electrons. The number of rotatable bonds is 6. The molecule has 2 unspecified atom stereocenters. The lowest BCUT2D eigenvalue weighted by atomic mass is 9.88. The SMILES string of the molecule is CC1(C)C(C=C(Cl)Cl)C1(Cc1cccc(Oc2ccccc2)c1)C(=O)OC#N. The summed E-state index contributed by atoms with van der Waals surface area (Å²) in [6, 6.07) is 16.9. The van der Waals surface area contributed by atoms with Crippen LogP contribution in [0.4, 0.5) is 0 Å². The molecule has 0 heterocycles.